The number of imide groups is 1. The SMILES string of the molecule is NCC#Cc1cc(Cl)ccc1N1C(=O)CCC1=O. The van der Waals surface area contributed by atoms with Crippen LogP contribution in [0.25, 0.3) is 0 Å². The summed E-state index contributed by atoms with van der Waals surface area (Å²) < 4.78 is 0. The predicted octanol–water partition coefficient (Wildman–Crippen LogP) is 1.30. The van der Waals surface area contributed by atoms with Gasteiger partial charge in [0, 0.05) is 17.9 Å². The van der Waals surface area contributed by atoms with Crippen LogP contribution in [-0.2, 0) is 9.59 Å². The Morgan fingerprint density at radius 3 is 2.56 bits per heavy atom. The van der Waals surface area contributed by atoms with Crippen LogP contribution in [0.15, 0.2) is 18.2 Å². The zero-order chi connectivity index (χ0) is 13.1. The van der Waals surface area contributed by atoms with Gasteiger partial charge < -0.3 is 5.73 Å². The highest BCUT2D eigenvalue weighted by Crippen LogP contribution is 2.28. The summed E-state index contributed by atoms with van der Waals surface area (Å²) >= 11 is 5.89. The molecule has 0 radical (unpaired) electrons. The van der Waals surface area contributed by atoms with Crippen molar-refractivity contribution in [3.8, 4) is 11.8 Å². The predicted molar refractivity (Wildman–Crippen MR) is 69.1 cm³/mol. The maximum absolute atomic E-state index is 11.7. The fourth-order valence-corrected chi connectivity index (χ4v) is 1.97. The number of benzene rings is 1. The highest BCUT2D eigenvalue weighted by atomic mass is 35.5. The van der Waals surface area contributed by atoms with E-state index in [2.05, 4.69) is 11.8 Å². The van der Waals surface area contributed by atoms with Crippen molar-refractivity contribution in [1.82, 2.24) is 0 Å². The van der Waals surface area contributed by atoms with Crippen molar-refractivity contribution in [2.24, 2.45) is 5.73 Å². The molecule has 0 bridgehead atoms. The van der Waals surface area contributed by atoms with Crippen molar-refractivity contribution in [3.05, 3.63) is 28.8 Å². The third-order valence-corrected chi connectivity index (χ3v) is 2.81. The van der Waals surface area contributed by atoms with E-state index in [1.165, 1.54) is 0 Å². The number of hydrogen-bond donors (Lipinski definition) is 1. The molecular weight excluding hydrogens is 252 g/mol. The zero-order valence-corrected chi connectivity index (χ0v) is 10.3. The molecule has 1 aromatic rings. The summed E-state index contributed by atoms with van der Waals surface area (Å²) in [5.74, 6) is 5.10. The molecule has 1 fully saturated rings. The molecule has 18 heavy (non-hydrogen) atoms. The van der Waals surface area contributed by atoms with Gasteiger partial charge in [-0.15, -0.1) is 0 Å². The van der Waals surface area contributed by atoms with Crippen LogP contribution < -0.4 is 10.6 Å². The number of carbonyl (C=O) groups excluding carboxylic acids is 2. The first-order chi connectivity index (χ1) is 8.63. The van der Waals surface area contributed by atoms with Gasteiger partial charge >= 0.3 is 0 Å². The van der Waals surface area contributed by atoms with E-state index in [1.807, 2.05) is 0 Å². The number of rotatable bonds is 1. The van der Waals surface area contributed by atoms with Gasteiger partial charge in [-0.25, -0.2) is 4.90 Å². The van der Waals surface area contributed by atoms with E-state index in [-0.39, 0.29) is 31.2 Å². The lowest BCUT2D eigenvalue weighted by Gasteiger charge is -2.15. The third kappa shape index (κ3) is 2.37. The van der Waals surface area contributed by atoms with E-state index < -0.39 is 0 Å². The lowest BCUT2D eigenvalue weighted by molar-refractivity contribution is -0.121. The maximum Gasteiger partial charge on any atom is 0.234 e. The average molecular weight is 263 g/mol. The summed E-state index contributed by atoms with van der Waals surface area (Å²) in [6.45, 7) is 0.202. The Balaban J connectivity index is 2.49. The molecule has 2 rings (SSSR count). The van der Waals surface area contributed by atoms with Crippen LogP contribution in [0.4, 0.5) is 5.69 Å². The second-order valence-electron chi connectivity index (χ2n) is 3.79. The van der Waals surface area contributed by atoms with Crippen molar-refractivity contribution in [3.63, 3.8) is 0 Å². The number of carbonyl (C=O) groups is 2. The molecule has 0 aliphatic carbocycles. The molecule has 1 aliphatic heterocycles. The van der Waals surface area contributed by atoms with Crippen LogP contribution in [0.1, 0.15) is 18.4 Å². The molecular formula is C13H11ClN2O2. The van der Waals surface area contributed by atoms with Gasteiger partial charge in [0.1, 0.15) is 0 Å². The van der Waals surface area contributed by atoms with Crippen LogP contribution in [0.3, 0.4) is 0 Å². The first-order valence-electron chi connectivity index (χ1n) is 5.47. The van der Waals surface area contributed by atoms with E-state index >= 15 is 0 Å². The Kier molecular flexibility index (Phi) is 3.66. The molecule has 4 nitrogen and oxygen atoms in total. The Morgan fingerprint density at radius 1 is 1.28 bits per heavy atom. The molecule has 0 unspecified atom stereocenters. The van der Waals surface area contributed by atoms with Crippen LogP contribution in [-0.4, -0.2) is 18.4 Å². The fraction of sp³-hybridized carbons (Fsp3) is 0.231. The zero-order valence-electron chi connectivity index (χ0n) is 9.57. The second-order valence-corrected chi connectivity index (χ2v) is 4.23. The van der Waals surface area contributed by atoms with E-state index in [4.69, 9.17) is 17.3 Å². The molecule has 0 aromatic heterocycles. The highest BCUT2D eigenvalue weighted by Gasteiger charge is 2.31. The monoisotopic (exact) mass is 262 g/mol. The molecule has 0 saturated carbocycles. The number of nitrogens with two attached hydrogens (primary N) is 1. The first-order valence-corrected chi connectivity index (χ1v) is 5.85. The number of nitrogens with zero attached hydrogens (tertiary/aromatic N) is 1. The standard InChI is InChI=1S/C13H11ClN2O2/c14-10-3-4-11(9(8-10)2-1-7-15)16-12(17)5-6-13(16)18/h3-4,8H,5-7,15H2. The topological polar surface area (TPSA) is 63.4 Å². The van der Waals surface area contributed by atoms with Gasteiger partial charge in [-0.3, -0.25) is 9.59 Å². The molecule has 5 heteroatoms. The summed E-state index contributed by atoms with van der Waals surface area (Å²) in [5.41, 5.74) is 6.34. The summed E-state index contributed by atoms with van der Waals surface area (Å²) in [6.07, 6.45) is 0.483. The van der Waals surface area contributed by atoms with Gasteiger partial charge in [0.25, 0.3) is 0 Å². The third-order valence-electron chi connectivity index (χ3n) is 2.58. The minimum Gasteiger partial charge on any atom is -0.320 e. The summed E-state index contributed by atoms with van der Waals surface area (Å²) in [7, 11) is 0. The Bertz CT molecular complexity index is 556. The molecule has 1 heterocycles. The smallest absolute Gasteiger partial charge is 0.234 e. The lowest BCUT2D eigenvalue weighted by atomic mass is 10.1. The molecule has 2 N–H and O–H groups in total. The minimum atomic E-state index is -0.210. The summed E-state index contributed by atoms with van der Waals surface area (Å²) in [6, 6.07) is 4.88. The molecule has 1 saturated heterocycles. The molecule has 0 atom stereocenters. The highest BCUT2D eigenvalue weighted by molar-refractivity contribution is 6.31. The van der Waals surface area contributed by atoms with E-state index in [1.54, 1.807) is 18.2 Å². The minimum absolute atomic E-state index is 0.202. The van der Waals surface area contributed by atoms with Crippen LogP contribution in [0, 0.1) is 11.8 Å². The number of amides is 2. The first kappa shape index (κ1) is 12.6. The maximum atomic E-state index is 11.7. The van der Waals surface area contributed by atoms with Crippen molar-refractivity contribution >= 4 is 29.1 Å². The molecule has 1 aromatic carbocycles. The van der Waals surface area contributed by atoms with E-state index in [0.717, 1.165) is 4.90 Å². The number of halogens is 1. The van der Waals surface area contributed by atoms with Gasteiger partial charge in [0.15, 0.2) is 0 Å². The van der Waals surface area contributed by atoms with Gasteiger partial charge in [-0.1, -0.05) is 23.4 Å². The number of hydrogen-bond acceptors (Lipinski definition) is 3. The summed E-state index contributed by atoms with van der Waals surface area (Å²) in [4.78, 5) is 24.6. The average Bonchev–Trinajstić information content (AvgIpc) is 2.67. The number of anilines is 1. The largest absolute Gasteiger partial charge is 0.320 e. The van der Waals surface area contributed by atoms with Gasteiger partial charge in [0.05, 0.1) is 17.8 Å². The fourth-order valence-electron chi connectivity index (χ4n) is 1.79. The Hall–Kier alpha value is -1.83. The van der Waals surface area contributed by atoms with Crippen molar-refractivity contribution in [2.45, 2.75) is 12.8 Å². The normalized spacial score (nSPS) is 14.7. The van der Waals surface area contributed by atoms with Gasteiger partial charge in [0.2, 0.25) is 11.8 Å². The molecule has 0 spiro atoms. The van der Waals surface area contributed by atoms with Crippen molar-refractivity contribution in [2.75, 3.05) is 11.4 Å². The van der Waals surface area contributed by atoms with E-state index in [0.29, 0.717) is 16.3 Å². The van der Waals surface area contributed by atoms with E-state index in [9.17, 15) is 9.59 Å². The second kappa shape index (κ2) is 5.21. The lowest BCUT2D eigenvalue weighted by Crippen LogP contribution is -2.29. The van der Waals surface area contributed by atoms with Crippen molar-refractivity contribution < 1.29 is 9.59 Å². The van der Waals surface area contributed by atoms with Gasteiger partial charge in [-0.05, 0) is 18.2 Å². The molecule has 1 aliphatic rings. The van der Waals surface area contributed by atoms with Crippen molar-refractivity contribution in [1.29, 1.82) is 0 Å². The van der Waals surface area contributed by atoms with Crippen LogP contribution >= 0.6 is 11.6 Å². The van der Waals surface area contributed by atoms with Gasteiger partial charge in [-0.2, -0.15) is 0 Å². The Labute approximate surface area is 110 Å². The molecule has 2 amide bonds. The van der Waals surface area contributed by atoms with Crippen LogP contribution in [0.2, 0.25) is 5.02 Å². The molecule has 92 valence electrons. The quantitative estimate of drug-likeness (QED) is 0.613. The Morgan fingerprint density at radius 2 is 1.94 bits per heavy atom. The summed E-state index contributed by atoms with van der Waals surface area (Å²) in [5, 5.41) is 0.499. The van der Waals surface area contributed by atoms with Crippen LogP contribution in [0.5, 0.6) is 0 Å².